The van der Waals surface area contributed by atoms with E-state index in [1.54, 1.807) is 25.2 Å². The lowest BCUT2D eigenvalue weighted by atomic mass is 10.1. The van der Waals surface area contributed by atoms with Crippen molar-refractivity contribution < 1.29 is 14.2 Å². The Morgan fingerprint density at radius 1 is 1.35 bits per heavy atom. The van der Waals surface area contributed by atoms with Gasteiger partial charge in [0.15, 0.2) is 0 Å². The number of phenolic OH excluding ortho intramolecular Hbond substituents is 1. The summed E-state index contributed by atoms with van der Waals surface area (Å²) in [6.45, 7) is 0.0346. The first kappa shape index (κ1) is 14.6. The Labute approximate surface area is 124 Å². The first-order chi connectivity index (χ1) is 9.49. The molecule has 0 aliphatic carbocycles. The van der Waals surface area contributed by atoms with Crippen molar-refractivity contribution in [3.8, 4) is 11.5 Å². The fourth-order valence-corrected chi connectivity index (χ4v) is 2.26. The van der Waals surface area contributed by atoms with Crippen LogP contribution in [0.15, 0.2) is 40.9 Å². The summed E-state index contributed by atoms with van der Waals surface area (Å²) < 4.78 is 20.0. The predicted molar refractivity (Wildman–Crippen MR) is 79.1 cm³/mol. The zero-order valence-electron chi connectivity index (χ0n) is 10.8. The number of hydrogen-bond donors (Lipinski definition) is 2. The van der Waals surface area contributed by atoms with Gasteiger partial charge < -0.3 is 14.9 Å². The molecule has 0 aliphatic heterocycles. The molecule has 0 saturated heterocycles. The minimum absolute atomic E-state index is 0.0346. The Kier molecular flexibility index (Phi) is 4.46. The molecule has 0 amide bonds. The Morgan fingerprint density at radius 2 is 2.10 bits per heavy atom. The van der Waals surface area contributed by atoms with E-state index in [0.29, 0.717) is 21.5 Å². The van der Waals surface area contributed by atoms with Gasteiger partial charge in [-0.25, -0.2) is 10.2 Å². The number of benzene rings is 2. The van der Waals surface area contributed by atoms with E-state index in [1.807, 2.05) is 0 Å². The van der Waals surface area contributed by atoms with Gasteiger partial charge in [0.1, 0.15) is 23.9 Å². The Morgan fingerprint density at radius 3 is 2.75 bits per heavy atom. The summed E-state index contributed by atoms with van der Waals surface area (Å²) in [6.07, 6.45) is 0. The third-order valence-electron chi connectivity index (χ3n) is 2.76. The Hall–Kier alpha value is -1.79. The lowest BCUT2D eigenvalue weighted by Gasteiger charge is -2.18. The van der Waals surface area contributed by atoms with Crippen LogP contribution >= 0.6 is 15.9 Å². The molecule has 0 saturated carbocycles. The largest absolute Gasteiger partial charge is 0.508 e. The summed E-state index contributed by atoms with van der Waals surface area (Å²) in [5.74, 6) is 5.92. The molecular weight excluding hydrogens is 327 g/mol. The fraction of sp³-hybridized carbons (Fsp3) is 0.143. The topological polar surface area (TPSA) is 58.7 Å². The van der Waals surface area contributed by atoms with Crippen LogP contribution in [-0.2, 0) is 6.61 Å². The van der Waals surface area contributed by atoms with Crippen LogP contribution in [0.1, 0.15) is 5.56 Å². The SMILES string of the molecule is CN(N)c1cccc(F)c1COc1ccc(O)cc1Br. The molecule has 106 valence electrons. The van der Waals surface area contributed by atoms with Crippen molar-refractivity contribution in [2.24, 2.45) is 5.84 Å². The second kappa shape index (κ2) is 6.11. The van der Waals surface area contributed by atoms with E-state index in [9.17, 15) is 9.50 Å². The third kappa shape index (κ3) is 3.20. The van der Waals surface area contributed by atoms with Crippen molar-refractivity contribution >= 4 is 21.6 Å². The molecule has 3 N–H and O–H groups in total. The second-order valence-electron chi connectivity index (χ2n) is 4.25. The molecule has 0 fully saturated rings. The highest BCUT2D eigenvalue weighted by molar-refractivity contribution is 9.10. The van der Waals surface area contributed by atoms with Gasteiger partial charge in [0.25, 0.3) is 0 Å². The van der Waals surface area contributed by atoms with Crippen LogP contribution in [0.25, 0.3) is 0 Å². The molecule has 20 heavy (non-hydrogen) atoms. The van der Waals surface area contributed by atoms with E-state index in [4.69, 9.17) is 10.6 Å². The van der Waals surface area contributed by atoms with Gasteiger partial charge in [-0.15, -0.1) is 0 Å². The number of rotatable bonds is 4. The first-order valence-electron chi connectivity index (χ1n) is 5.86. The van der Waals surface area contributed by atoms with Crippen LogP contribution < -0.4 is 15.6 Å². The number of aromatic hydroxyl groups is 1. The zero-order valence-corrected chi connectivity index (χ0v) is 12.4. The maximum atomic E-state index is 13.9. The van der Waals surface area contributed by atoms with Gasteiger partial charge in [0, 0.05) is 12.6 Å². The maximum Gasteiger partial charge on any atom is 0.134 e. The van der Waals surface area contributed by atoms with Gasteiger partial charge in [-0.3, -0.25) is 0 Å². The van der Waals surface area contributed by atoms with Gasteiger partial charge in [-0.05, 0) is 46.3 Å². The van der Waals surface area contributed by atoms with Crippen LogP contribution in [-0.4, -0.2) is 12.2 Å². The van der Waals surface area contributed by atoms with Crippen LogP contribution in [0.5, 0.6) is 11.5 Å². The molecule has 6 heteroatoms. The summed E-state index contributed by atoms with van der Waals surface area (Å²) in [6, 6.07) is 9.27. The quantitative estimate of drug-likeness (QED) is 0.662. The summed E-state index contributed by atoms with van der Waals surface area (Å²) in [5.41, 5.74) is 0.928. The number of nitrogens with two attached hydrogens (primary N) is 1. The van der Waals surface area contributed by atoms with Gasteiger partial charge in [0.05, 0.1) is 10.2 Å². The second-order valence-corrected chi connectivity index (χ2v) is 5.11. The number of halogens is 2. The molecule has 0 spiro atoms. The third-order valence-corrected chi connectivity index (χ3v) is 3.38. The molecule has 0 aromatic heterocycles. The van der Waals surface area contributed by atoms with Crippen molar-refractivity contribution in [3.05, 3.63) is 52.3 Å². The van der Waals surface area contributed by atoms with Crippen LogP contribution in [0.3, 0.4) is 0 Å². The lowest BCUT2D eigenvalue weighted by molar-refractivity contribution is 0.297. The van der Waals surface area contributed by atoms with E-state index in [1.165, 1.54) is 23.2 Å². The molecule has 0 unspecified atom stereocenters. The highest BCUT2D eigenvalue weighted by atomic mass is 79.9. The predicted octanol–water partition coefficient (Wildman–Crippen LogP) is 3.18. The molecule has 4 nitrogen and oxygen atoms in total. The summed E-state index contributed by atoms with van der Waals surface area (Å²) >= 11 is 3.27. The average Bonchev–Trinajstić information content (AvgIpc) is 2.38. The van der Waals surface area contributed by atoms with E-state index >= 15 is 0 Å². The number of ether oxygens (including phenoxy) is 1. The molecule has 0 aliphatic rings. The molecule has 0 bridgehead atoms. The van der Waals surface area contributed by atoms with E-state index in [-0.39, 0.29) is 18.2 Å². The molecule has 0 radical (unpaired) electrons. The fourth-order valence-electron chi connectivity index (χ4n) is 1.78. The van der Waals surface area contributed by atoms with Crippen LogP contribution in [0.4, 0.5) is 10.1 Å². The Bertz CT molecular complexity index is 620. The highest BCUT2D eigenvalue weighted by Gasteiger charge is 2.12. The summed E-state index contributed by atoms with van der Waals surface area (Å²) in [5, 5.41) is 10.7. The molecule has 2 aromatic carbocycles. The monoisotopic (exact) mass is 340 g/mol. The standard InChI is InChI=1S/C14H14BrFN2O2/c1-18(17)13-4-2-3-12(16)10(13)8-20-14-6-5-9(19)7-11(14)15/h2-7,19H,8,17H2,1H3. The molecule has 2 aromatic rings. The summed E-state index contributed by atoms with van der Waals surface area (Å²) in [4.78, 5) is 0. The van der Waals surface area contributed by atoms with Crippen molar-refractivity contribution in [1.82, 2.24) is 0 Å². The number of phenols is 1. The van der Waals surface area contributed by atoms with Crippen molar-refractivity contribution in [2.75, 3.05) is 12.1 Å². The van der Waals surface area contributed by atoms with Crippen LogP contribution in [0.2, 0.25) is 0 Å². The number of hydrazine groups is 1. The number of anilines is 1. The first-order valence-corrected chi connectivity index (χ1v) is 6.65. The van der Waals surface area contributed by atoms with Crippen molar-refractivity contribution in [3.63, 3.8) is 0 Å². The van der Waals surface area contributed by atoms with Gasteiger partial charge >= 0.3 is 0 Å². The normalized spacial score (nSPS) is 10.4. The maximum absolute atomic E-state index is 13.9. The number of nitrogens with zero attached hydrogens (tertiary/aromatic N) is 1. The van der Waals surface area contributed by atoms with Gasteiger partial charge in [-0.2, -0.15) is 0 Å². The highest BCUT2D eigenvalue weighted by Crippen LogP contribution is 2.30. The molecule has 0 atom stereocenters. The zero-order chi connectivity index (χ0) is 14.7. The van der Waals surface area contributed by atoms with Crippen molar-refractivity contribution in [2.45, 2.75) is 6.61 Å². The summed E-state index contributed by atoms with van der Waals surface area (Å²) in [7, 11) is 1.63. The molecule has 2 rings (SSSR count). The van der Waals surface area contributed by atoms with Gasteiger partial charge in [0.2, 0.25) is 0 Å². The minimum atomic E-state index is -0.380. The number of hydrogen-bond acceptors (Lipinski definition) is 4. The smallest absolute Gasteiger partial charge is 0.134 e. The molecular formula is C14H14BrFN2O2. The lowest BCUT2D eigenvalue weighted by Crippen LogP contribution is -2.26. The minimum Gasteiger partial charge on any atom is -0.508 e. The average molecular weight is 341 g/mol. The van der Waals surface area contributed by atoms with Gasteiger partial charge in [-0.1, -0.05) is 6.07 Å². The Balaban J connectivity index is 2.23. The van der Waals surface area contributed by atoms with E-state index < -0.39 is 0 Å². The van der Waals surface area contributed by atoms with Crippen LogP contribution in [0, 0.1) is 5.82 Å². The molecule has 0 heterocycles. The van der Waals surface area contributed by atoms with E-state index in [2.05, 4.69) is 15.9 Å². The van der Waals surface area contributed by atoms with E-state index in [0.717, 1.165) is 0 Å². The van der Waals surface area contributed by atoms with Crippen molar-refractivity contribution in [1.29, 1.82) is 0 Å².